The van der Waals surface area contributed by atoms with Gasteiger partial charge in [0.25, 0.3) is 5.91 Å². The van der Waals surface area contributed by atoms with E-state index in [0.29, 0.717) is 33.4 Å². The smallest absolute Gasteiger partial charge is 0.336 e. The predicted octanol–water partition coefficient (Wildman–Crippen LogP) is 3.80. The van der Waals surface area contributed by atoms with E-state index >= 15 is 0 Å². The topological polar surface area (TPSA) is 88.9 Å². The second-order valence-corrected chi connectivity index (χ2v) is 7.76. The molecular weight excluding hydrogens is 420 g/mol. The highest BCUT2D eigenvalue weighted by Crippen LogP contribution is 2.37. The van der Waals surface area contributed by atoms with Crippen molar-refractivity contribution in [2.75, 3.05) is 7.11 Å². The lowest BCUT2D eigenvalue weighted by Gasteiger charge is -2.28. The summed E-state index contributed by atoms with van der Waals surface area (Å²) in [6.07, 6.45) is 0. The number of imide groups is 1. The van der Waals surface area contributed by atoms with Crippen LogP contribution in [-0.2, 0) is 16.9 Å². The molecule has 1 N–H and O–H groups in total. The molecule has 164 valence electrons. The van der Waals surface area contributed by atoms with Crippen molar-refractivity contribution >= 4 is 22.9 Å². The van der Waals surface area contributed by atoms with E-state index in [2.05, 4.69) is 5.32 Å². The standard InChI is InChI=1S/C26H20N2O5/c1-32-20-12-13-21-17(14-23(29)33-22(21)15-20)16-28-24(30)26(27-25(28)31,18-8-4-2-5-9-18)19-10-6-3-7-11-19/h2-15H,16H2,1H3,(H,27,31). The molecule has 1 aliphatic rings. The molecule has 0 aliphatic carbocycles. The molecule has 0 radical (unpaired) electrons. The van der Waals surface area contributed by atoms with Crippen LogP contribution in [0.1, 0.15) is 16.7 Å². The van der Waals surface area contributed by atoms with Crippen molar-refractivity contribution in [3.63, 3.8) is 0 Å². The molecule has 7 heteroatoms. The Labute approximate surface area is 189 Å². The van der Waals surface area contributed by atoms with Crippen molar-refractivity contribution in [1.29, 1.82) is 0 Å². The lowest BCUT2D eigenvalue weighted by atomic mass is 9.82. The van der Waals surface area contributed by atoms with Crippen LogP contribution in [0.25, 0.3) is 11.0 Å². The number of hydrogen-bond donors (Lipinski definition) is 1. The fourth-order valence-electron chi connectivity index (χ4n) is 4.29. The minimum atomic E-state index is -1.36. The summed E-state index contributed by atoms with van der Waals surface area (Å²) in [5.74, 6) is 0.116. The van der Waals surface area contributed by atoms with E-state index in [1.807, 2.05) is 60.7 Å². The number of carbonyl (C=O) groups is 2. The zero-order chi connectivity index (χ0) is 23.0. The molecular formula is C26H20N2O5. The molecule has 1 aromatic heterocycles. The number of rotatable bonds is 5. The molecule has 0 saturated carbocycles. The van der Waals surface area contributed by atoms with Crippen LogP contribution in [0.3, 0.4) is 0 Å². The van der Waals surface area contributed by atoms with Crippen LogP contribution >= 0.6 is 0 Å². The molecule has 1 saturated heterocycles. The maximum absolute atomic E-state index is 13.9. The maximum atomic E-state index is 13.9. The van der Waals surface area contributed by atoms with Crippen LogP contribution in [0.5, 0.6) is 5.75 Å². The Balaban J connectivity index is 1.61. The van der Waals surface area contributed by atoms with Crippen molar-refractivity contribution in [1.82, 2.24) is 10.2 Å². The van der Waals surface area contributed by atoms with Gasteiger partial charge in [-0.3, -0.25) is 9.69 Å². The molecule has 0 spiro atoms. The number of ether oxygens (including phenoxy) is 1. The largest absolute Gasteiger partial charge is 0.497 e. The van der Waals surface area contributed by atoms with Crippen molar-refractivity contribution < 1.29 is 18.7 Å². The average Bonchev–Trinajstić information content (AvgIpc) is 3.10. The minimum absolute atomic E-state index is 0.0828. The molecule has 3 amide bonds. The molecule has 2 heterocycles. The van der Waals surface area contributed by atoms with Gasteiger partial charge in [-0.2, -0.15) is 0 Å². The summed E-state index contributed by atoms with van der Waals surface area (Å²) in [6.45, 7) is -0.0828. The number of nitrogens with zero attached hydrogens (tertiary/aromatic N) is 1. The van der Waals surface area contributed by atoms with Gasteiger partial charge in [-0.15, -0.1) is 0 Å². The summed E-state index contributed by atoms with van der Waals surface area (Å²) in [7, 11) is 1.52. The zero-order valence-corrected chi connectivity index (χ0v) is 17.8. The van der Waals surface area contributed by atoms with Crippen LogP contribution in [0.4, 0.5) is 4.79 Å². The van der Waals surface area contributed by atoms with E-state index in [0.717, 1.165) is 4.90 Å². The van der Waals surface area contributed by atoms with Gasteiger partial charge < -0.3 is 14.5 Å². The van der Waals surface area contributed by atoms with Gasteiger partial charge in [-0.05, 0) is 28.8 Å². The Morgan fingerprint density at radius 2 is 1.52 bits per heavy atom. The van der Waals surface area contributed by atoms with Crippen LogP contribution in [0.15, 0.2) is 94.1 Å². The Morgan fingerprint density at radius 1 is 0.879 bits per heavy atom. The highest BCUT2D eigenvalue weighted by Gasteiger charge is 2.53. The highest BCUT2D eigenvalue weighted by molar-refractivity contribution is 6.09. The SMILES string of the molecule is COc1ccc2c(CN3C(=O)NC(c4ccccc4)(c4ccccc4)C3=O)cc(=O)oc2c1. The fourth-order valence-corrected chi connectivity index (χ4v) is 4.29. The van der Waals surface area contributed by atoms with Gasteiger partial charge in [0.15, 0.2) is 5.54 Å². The number of fused-ring (bicyclic) bond motifs is 1. The van der Waals surface area contributed by atoms with Crippen molar-refractivity contribution in [3.8, 4) is 5.75 Å². The van der Waals surface area contributed by atoms with Gasteiger partial charge in [-0.25, -0.2) is 9.59 Å². The lowest BCUT2D eigenvalue weighted by Crippen LogP contribution is -2.45. The number of benzene rings is 3. The molecule has 3 aromatic carbocycles. The molecule has 1 fully saturated rings. The van der Waals surface area contributed by atoms with E-state index in [1.54, 1.807) is 18.2 Å². The van der Waals surface area contributed by atoms with E-state index < -0.39 is 23.1 Å². The monoisotopic (exact) mass is 440 g/mol. The summed E-state index contributed by atoms with van der Waals surface area (Å²) in [5, 5.41) is 3.54. The number of methoxy groups -OCH3 is 1. The summed E-state index contributed by atoms with van der Waals surface area (Å²) in [5.41, 5.74) is 0.192. The van der Waals surface area contributed by atoms with Gasteiger partial charge in [0.05, 0.1) is 13.7 Å². The number of amides is 3. The Kier molecular flexibility index (Phi) is 4.94. The first-order chi connectivity index (χ1) is 16.0. The van der Waals surface area contributed by atoms with Crippen LogP contribution in [0, 0.1) is 0 Å². The number of carbonyl (C=O) groups excluding carboxylic acids is 2. The van der Waals surface area contributed by atoms with Gasteiger partial charge in [-0.1, -0.05) is 60.7 Å². The predicted molar refractivity (Wildman–Crippen MR) is 122 cm³/mol. The first kappa shape index (κ1) is 20.5. The Hall–Kier alpha value is -4.39. The van der Waals surface area contributed by atoms with Crippen LogP contribution in [0.2, 0.25) is 0 Å². The molecule has 0 bridgehead atoms. The second kappa shape index (κ2) is 7.94. The van der Waals surface area contributed by atoms with Crippen molar-refractivity contribution in [2.24, 2.45) is 0 Å². The minimum Gasteiger partial charge on any atom is -0.497 e. The normalized spacial score (nSPS) is 15.0. The second-order valence-electron chi connectivity index (χ2n) is 7.76. The van der Waals surface area contributed by atoms with Crippen molar-refractivity contribution in [3.05, 3.63) is 112 Å². The summed E-state index contributed by atoms with van der Waals surface area (Å²) < 4.78 is 10.5. The maximum Gasteiger partial charge on any atom is 0.336 e. The third-order valence-electron chi connectivity index (χ3n) is 5.88. The number of hydrogen-bond acceptors (Lipinski definition) is 5. The molecule has 4 aromatic rings. The first-order valence-corrected chi connectivity index (χ1v) is 10.4. The quantitative estimate of drug-likeness (QED) is 0.377. The third-order valence-corrected chi connectivity index (χ3v) is 5.88. The molecule has 1 aliphatic heterocycles. The lowest BCUT2D eigenvalue weighted by molar-refractivity contribution is -0.130. The third kappa shape index (κ3) is 3.34. The highest BCUT2D eigenvalue weighted by atomic mass is 16.5. The van der Waals surface area contributed by atoms with E-state index in [1.165, 1.54) is 13.2 Å². The van der Waals surface area contributed by atoms with E-state index in [9.17, 15) is 14.4 Å². The van der Waals surface area contributed by atoms with E-state index in [-0.39, 0.29) is 6.54 Å². The van der Waals surface area contributed by atoms with Gasteiger partial charge in [0.2, 0.25) is 0 Å². The summed E-state index contributed by atoms with van der Waals surface area (Å²) in [4.78, 5) is 40.4. The van der Waals surface area contributed by atoms with Gasteiger partial charge in [0.1, 0.15) is 11.3 Å². The fraction of sp³-hybridized carbons (Fsp3) is 0.115. The summed E-state index contributed by atoms with van der Waals surface area (Å²) >= 11 is 0. The van der Waals surface area contributed by atoms with E-state index in [4.69, 9.17) is 9.15 Å². The molecule has 7 nitrogen and oxygen atoms in total. The molecule has 0 unspecified atom stereocenters. The number of urea groups is 1. The van der Waals surface area contributed by atoms with Crippen LogP contribution in [-0.4, -0.2) is 23.9 Å². The Bertz CT molecular complexity index is 1370. The Morgan fingerprint density at radius 3 is 2.12 bits per heavy atom. The first-order valence-electron chi connectivity index (χ1n) is 10.4. The summed E-state index contributed by atoms with van der Waals surface area (Å²) in [6, 6.07) is 24.1. The van der Waals surface area contributed by atoms with Crippen molar-refractivity contribution in [2.45, 2.75) is 12.1 Å². The van der Waals surface area contributed by atoms with Gasteiger partial charge in [0, 0.05) is 17.5 Å². The average molecular weight is 440 g/mol. The molecule has 33 heavy (non-hydrogen) atoms. The molecule has 0 atom stereocenters. The zero-order valence-electron chi connectivity index (χ0n) is 17.8. The van der Waals surface area contributed by atoms with Gasteiger partial charge >= 0.3 is 11.7 Å². The molecule has 5 rings (SSSR count). The van der Waals surface area contributed by atoms with Crippen LogP contribution < -0.4 is 15.7 Å². The number of nitrogens with one attached hydrogen (secondary N) is 1.